The van der Waals surface area contributed by atoms with E-state index in [2.05, 4.69) is 57.7 Å². The average Bonchev–Trinajstić information content (AvgIpc) is 0.765. The maximum atomic E-state index is 16.4. The first-order chi connectivity index (χ1) is 58.4. The zero-order valence-corrected chi connectivity index (χ0v) is 69.3. The molecular formula is C83H87Cl3N12O24S. The number of aliphatic hydroxyl groups excluding tert-OH is 5. The summed E-state index contributed by atoms with van der Waals surface area (Å²) in [7, 11) is 1.48. The van der Waals surface area contributed by atoms with Crippen molar-refractivity contribution in [3.8, 4) is 74.1 Å². The van der Waals surface area contributed by atoms with Gasteiger partial charge in [0.1, 0.15) is 89.1 Å². The summed E-state index contributed by atoms with van der Waals surface area (Å²) in [5.74, 6) is -17.0. The second-order valence-corrected chi connectivity index (χ2v) is 33.1. The van der Waals surface area contributed by atoms with Gasteiger partial charge in [0.2, 0.25) is 64.4 Å². The molecule has 1 aromatic heterocycles. The number of aliphatic hydroxyl groups is 5. The number of aromatic nitrogens is 3. The summed E-state index contributed by atoms with van der Waals surface area (Å²) in [6, 6.07) is 14.2. The number of phenols is 3. The molecule has 7 aromatic carbocycles. The molecule has 123 heavy (non-hydrogen) atoms. The normalized spacial score (nSPS) is 26.2. The molecule has 8 heterocycles. The Morgan fingerprint density at radius 1 is 0.683 bits per heavy atom. The molecule has 0 unspecified atom stereocenters. The van der Waals surface area contributed by atoms with Crippen LogP contribution in [0.5, 0.6) is 51.9 Å². The van der Waals surface area contributed by atoms with Gasteiger partial charge in [0, 0.05) is 52.0 Å². The second-order valence-electron chi connectivity index (χ2n) is 30.8. The van der Waals surface area contributed by atoms with Crippen LogP contribution < -0.4 is 62.5 Å². The number of carboxylic acids is 1. The molecule has 7 aliphatic rings. The fraction of sp³-hybridized carbons (Fsp3) is 0.361. The molecule has 650 valence electrons. The molecule has 0 spiro atoms. The number of aromatic hydroxyl groups is 4. The monoisotopic (exact) mass is 1770 g/mol. The third-order valence-electron chi connectivity index (χ3n) is 21.6. The highest BCUT2D eigenvalue weighted by Crippen LogP contribution is 2.50. The first kappa shape index (κ1) is 89.5. The molecule has 8 aromatic rings. The number of thioether (sulfide) groups is 1. The number of amides is 7. The highest BCUT2D eigenvalue weighted by molar-refractivity contribution is 7.99. The van der Waals surface area contributed by atoms with Crippen molar-refractivity contribution in [3.05, 3.63) is 182 Å². The zero-order chi connectivity index (χ0) is 88.5. The highest BCUT2D eigenvalue weighted by atomic mass is 35.5. The smallest absolute Gasteiger partial charge is 0.330 e. The van der Waals surface area contributed by atoms with Crippen molar-refractivity contribution in [2.24, 2.45) is 11.7 Å². The second kappa shape index (κ2) is 37.4. The fourth-order valence-electron chi connectivity index (χ4n) is 15.0. The molecular weight excluding hydrogens is 1690 g/mol. The van der Waals surface area contributed by atoms with E-state index in [1.165, 1.54) is 26.1 Å². The molecule has 2 fully saturated rings. The number of ether oxygens (including phenoxy) is 6. The number of nitrogens with one attached hydrogen (secondary N) is 8. The molecule has 20 N–H and O–H groups in total. The number of primary amides is 1. The van der Waals surface area contributed by atoms with E-state index in [-0.39, 0.29) is 69.4 Å². The van der Waals surface area contributed by atoms with Gasteiger partial charge in [-0.25, -0.2) is 4.79 Å². The van der Waals surface area contributed by atoms with Gasteiger partial charge in [-0.2, -0.15) is 4.98 Å². The first-order valence-electron chi connectivity index (χ1n) is 38.6. The third-order valence-corrected chi connectivity index (χ3v) is 23.3. The Bertz CT molecular complexity index is 5400. The topological polar surface area (TPSA) is 555 Å². The van der Waals surface area contributed by atoms with Crippen molar-refractivity contribution in [1.82, 2.24) is 57.7 Å². The quantitative estimate of drug-likeness (QED) is 0.0459. The summed E-state index contributed by atoms with van der Waals surface area (Å²) in [5, 5.41) is 146. The maximum absolute atomic E-state index is 16.4. The third kappa shape index (κ3) is 19.9. The molecule has 40 heteroatoms. The van der Waals surface area contributed by atoms with Gasteiger partial charge in [0.25, 0.3) is 0 Å². The van der Waals surface area contributed by atoms with Crippen LogP contribution in [0.15, 0.2) is 133 Å². The molecule has 18 atom stereocenters. The van der Waals surface area contributed by atoms with E-state index in [1.807, 2.05) is 50.2 Å². The molecule has 11 bridgehead atoms. The van der Waals surface area contributed by atoms with E-state index < -0.39 is 236 Å². The Morgan fingerprint density at radius 3 is 1.92 bits per heavy atom. The van der Waals surface area contributed by atoms with Crippen LogP contribution in [0.4, 0.5) is 0 Å². The minimum atomic E-state index is -2.39. The van der Waals surface area contributed by atoms with Gasteiger partial charge >= 0.3 is 5.97 Å². The Kier molecular flexibility index (Phi) is 27.2. The van der Waals surface area contributed by atoms with E-state index in [0.717, 1.165) is 95.2 Å². The van der Waals surface area contributed by atoms with E-state index in [9.17, 15) is 65.4 Å². The minimum Gasteiger partial charge on any atom is -0.508 e. The zero-order valence-electron chi connectivity index (χ0n) is 66.2. The van der Waals surface area contributed by atoms with Gasteiger partial charge < -0.3 is 128 Å². The first-order valence-corrected chi connectivity index (χ1v) is 40.7. The van der Waals surface area contributed by atoms with E-state index >= 15 is 24.0 Å². The number of aliphatic carboxylic acids is 1. The summed E-state index contributed by atoms with van der Waals surface area (Å²) in [6.45, 7) is 8.57. The van der Waals surface area contributed by atoms with Crippen molar-refractivity contribution in [2.75, 3.05) is 12.8 Å². The Balaban J connectivity index is 1.00. The van der Waals surface area contributed by atoms with Crippen LogP contribution in [0.2, 0.25) is 15.1 Å². The maximum Gasteiger partial charge on any atom is 0.330 e. The van der Waals surface area contributed by atoms with Crippen molar-refractivity contribution >= 4 is 93.9 Å². The fourth-order valence-corrected chi connectivity index (χ4v) is 16.4. The number of nitrogens with zero attached hydrogens (tertiary/aromatic N) is 3. The number of benzene rings is 7. The van der Waals surface area contributed by atoms with Crippen LogP contribution in [-0.2, 0) is 59.1 Å². The molecule has 2 saturated heterocycles. The SMILES string of the molecule is CN[C@H](CC(C)C)C(=O)N[C@H]1C(=O)N[C@@H](CC(N)=O)C(=O)N[C@H]2C(=O)N[C@H]3C(=O)N[C@H](C(=O)N[C@H](C(=O)O)c4cc(O)cc(O)c4-c4cc3ccc4O)[C@H](O)c3ccc(c(Cl)c3)Oc3cc2cc(c3O[C@@H]2O[C@H](CSc3nnc(C)c(O)n3)[C@@H](O)[C@H](O)[C@H]2O[C@H]2C[C@](C)(NCc3ccc(-c4ccc(Cl)cc4)cc3)[C@H](O)[C@H](C)O2)Oc2ccc(cc2Cl)[C@H]1O. The molecule has 0 radical (unpaired) electrons. The lowest BCUT2D eigenvalue weighted by atomic mass is 9.84. The van der Waals surface area contributed by atoms with Gasteiger partial charge in [0.05, 0.1) is 40.8 Å². The number of carbonyl (C=O) groups is 8. The van der Waals surface area contributed by atoms with Crippen LogP contribution >= 0.6 is 46.6 Å². The summed E-state index contributed by atoms with van der Waals surface area (Å²) in [4.78, 5) is 123. The molecule has 36 nitrogen and oxygen atoms in total. The summed E-state index contributed by atoms with van der Waals surface area (Å²) in [5.41, 5.74) is 4.33. The van der Waals surface area contributed by atoms with Crippen molar-refractivity contribution in [3.63, 3.8) is 0 Å². The minimum absolute atomic E-state index is 0.0714. The number of fused-ring (bicyclic) bond motifs is 15. The highest BCUT2D eigenvalue weighted by Gasteiger charge is 2.53. The van der Waals surface area contributed by atoms with Gasteiger partial charge in [-0.1, -0.05) is 115 Å². The van der Waals surface area contributed by atoms with Crippen molar-refractivity contribution in [2.45, 2.75) is 175 Å². The number of hydrogen-bond acceptors (Lipinski definition) is 29. The number of carbonyl (C=O) groups excluding carboxylic acids is 7. The van der Waals surface area contributed by atoms with Crippen molar-refractivity contribution in [1.29, 1.82) is 0 Å². The van der Waals surface area contributed by atoms with Crippen LogP contribution in [0.3, 0.4) is 0 Å². The number of phenolic OH excluding ortho intramolecular Hbond substituents is 3. The number of rotatable bonds is 19. The Morgan fingerprint density at radius 2 is 1.30 bits per heavy atom. The molecule has 15 rings (SSSR count). The van der Waals surface area contributed by atoms with E-state index in [1.54, 1.807) is 26.0 Å². The average molecular weight is 1780 g/mol. The predicted octanol–water partition coefficient (Wildman–Crippen LogP) is 5.26. The van der Waals surface area contributed by atoms with Gasteiger partial charge in [0.15, 0.2) is 29.9 Å². The Hall–Kier alpha value is -11.3. The standard InChI is InChI=1S/C83H87Cl3N12O24S/c1-33(2)21-49(88-6)74(109)94-64-66(103)40-14-19-53(47(85)23-40)118-55-25-42-26-56(70(55)122-81-71(69(106)68(105)57(120-81)32-123-82-96-73(108)34(3)97-98-82)121-59-30-83(5,72(107)35(4)117-59)89-31-36-7-9-37(10-8-36)38-11-16-43(84)17-12-38)119-54-20-15-41(24-48(54)86)67(104)65-79(114)93-63(80(115)116)46-27-44(99)28-52(101)60(46)45-22-39(13-18-51(45)100)61(76(111)95-65)92-77(112)62(42)91-75(110)50(29-58(87)102)90-78(64)113/h7-20,22-28,33,35,49-50,57,59,61-69,71-72,81,88-89,99-101,103-107H,21,29-32H2,1-6H3,(H2,87,102)(H,90,113)(H,91,110)(H,92,112)(H,93,114)(H,94,109)(H,95,111)(H,115,116)(H,96,98,108)/t35-,49+,50-,57+,59-,61+,62+,63-,64+,65-,66+,67+,68+,69-,71+,72+,81-,83-/m0/s1. The number of hydrogen-bond donors (Lipinski definition) is 19. The van der Waals surface area contributed by atoms with Crippen LogP contribution in [0.1, 0.15) is 116 Å². The largest absolute Gasteiger partial charge is 0.508 e. The Labute approximate surface area is 720 Å². The summed E-state index contributed by atoms with van der Waals surface area (Å²) >= 11 is 21.4. The molecule has 0 saturated carbocycles. The lowest BCUT2D eigenvalue weighted by Gasteiger charge is -2.48. The van der Waals surface area contributed by atoms with E-state index in [0.29, 0.717) is 5.02 Å². The van der Waals surface area contributed by atoms with Gasteiger partial charge in [-0.05, 0) is 146 Å². The lowest BCUT2D eigenvalue weighted by molar-refractivity contribution is -0.330. The van der Waals surface area contributed by atoms with Crippen LogP contribution in [0.25, 0.3) is 22.3 Å². The van der Waals surface area contributed by atoms with Crippen LogP contribution in [-0.4, -0.2) is 205 Å². The molecule has 7 aliphatic heterocycles. The number of aryl methyl sites for hydroxylation is 1. The van der Waals surface area contributed by atoms with E-state index in [4.69, 9.17) is 69.0 Å². The van der Waals surface area contributed by atoms with Gasteiger partial charge in [-0.15, -0.1) is 10.2 Å². The predicted molar refractivity (Wildman–Crippen MR) is 439 cm³/mol. The number of likely N-dealkylation sites (N-methyl/N-ethyl adjacent to an activating group) is 1. The van der Waals surface area contributed by atoms with Gasteiger partial charge in [-0.3, -0.25) is 33.6 Å². The number of nitrogens with two attached hydrogens (primary N) is 1. The number of carboxylic acid groups (broad SMARTS) is 1. The molecule has 7 amide bonds. The lowest BCUT2D eigenvalue weighted by Crippen LogP contribution is -2.65. The summed E-state index contributed by atoms with van der Waals surface area (Å²) in [6.07, 6.45) is -18.7. The molecule has 0 aliphatic carbocycles. The van der Waals surface area contributed by atoms with Crippen LogP contribution in [0, 0.1) is 12.8 Å². The van der Waals surface area contributed by atoms with Crippen molar-refractivity contribution < 1.29 is 118 Å². The number of halogens is 3. The summed E-state index contributed by atoms with van der Waals surface area (Å²) < 4.78 is 40.5.